The van der Waals surface area contributed by atoms with Crippen LogP contribution in [0.2, 0.25) is 0 Å². The van der Waals surface area contributed by atoms with E-state index in [1.807, 2.05) is 11.8 Å². The van der Waals surface area contributed by atoms with E-state index < -0.39 is 5.92 Å². The average Bonchev–Trinajstić information content (AvgIpc) is 2.37. The molecule has 7 heteroatoms. The minimum Gasteiger partial charge on any atom is -0.375 e. The Hall–Kier alpha value is -0.180. The third-order valence-corrected chi connectivity index (χ3v) is 3.91. The number of hydrogen-bond donors (Lipinski definition) is 1. The van der Waals surface area contributed by atoms with Crippen LogP contribution in [0.25, 0.3) is 0 Å². The van der Waals surface area contributed by atoms with Crippen LogP contribution in [0.15, 0.2) is 4.99 Å². The molecule has 1 unspecified atom stereocenters. The molecule has 1 saturated heterocycles. The highest BCUT2D eigenvalue weighted by Gasteiger charge is 2.34. The second kappa shape index (κ2) is 7.72. The van der Waals surface area contributed by atoms with E-state index in [-0.39, 0.29) is 48.8 Å². The van der Waals surface area contributed by atoms with Gasteiger partial charge in [0.15, 0.2) is 5.96 Å². The lowest BCUT2D eigenvalue weighted by Crippen LogP contribution is -2.48. The molecule has 1 aliphatic heterocycles. The summed E-state index contributed by atoms with van der Waals surface area (Å²) in [5, 5.41) is 0. The highest BCUT2D eigenvalue weighted by Crippen LogP contribution is 2.36. The number of rotatable bonds is 2. The fourth-order valence-electron chi connectivity index (χ4n) is 2.63. The van der Waals surface area contributed by atoms with Crippen LogP contribution in [0.1, 0.15) is 32.6 Å². The van der Waals surface area contributed by atoms with Gasteiger partial charge in [0, 0.05) is 32.5 Å². The Labute approximate surface area is 136 Å². The van der Waals surface area contributed by atoms with Gasteiger partial charge in [-0.1, -0.05) is 0 Å². The maximum atomic E-state index is 13.0. The first-order valence-electron chi connectivity index (χ1n) is 7.00. The van der Waals surface area contributed by atoms with E-state index in [9.17, 15) is 8.78 Å². The lowest BCUT2D eigenvalue weighted by atomic mass is 9.87. The minimum absolute atomic E-state index is 0. The Morgan fingerprint density at radius 2 is 2.05 bits per heavy atom. The van der Waals surface area contributed by atoms with Gasteiger partial charge in [0.2, 0.25) is 5.92 Å². The van der Waals surface area contributed by atoms with Crippen molar-refractivity contribution in [2.45, 2.75) is 44.6 Å². The molecule has 0 bridgehead atoms. The molecule has 0 aromatic rings. The lowest BCUT2D eigenvalue weighted by molar-refractivity contribution is -0.0447. The predicted molar refractivity (Wildman–Crippen MR) is 85.8 cm³/mol. The first-order valence-corrected chi connectivity index (χ1v) is 7.00. The average molecular weight is 403 g/mol. The third kappa shape index (κ3) is 5.31. The molecule has 0 radical (unpaired) electrons. The zero-order chi connectivity index (χ0) is 13.9. The van der Waals surface area contributed by atoms with Gasteiger partial charge in [-0.25, -0.2) is 8.78 Å². The summed E-state index contributed by atoms with van der Waals surface area (Å²) < 4.78 is 31.5. The van der Waals surface area contributed by atoms with E-state index in [1.54, 1.807) is 0 Å². The van der Waals surface area contributed by atoms with Crippen molar-refractivity contribution in [1.29, 1.82) is 0 Å². The number of halogens is 3. The Morgan fingerprint density at radius 3 is 2.65 bits per heavy atom. The number of hydrogen-bond acceptors (Lipinski definition) is 2. The van der Waals surface area contributed by atoms with Crippen molar-refractivity contribution in [1.82, 2.24) is 4.90 Å². The smallest absolute Gasteiger partial charge is 0.248 e. The molecule has 2 fully saturated rings. The van der Waals surface area contributed by atoms with Gasteiger partial charge < -0.3 is 15.4 Å². The molecule has 2 aliphatic rings. The first kappa shape index (κ1) is 17.9. The van der Waals surface area contributed by atoms with E-state index in [4.69, 9.17) is 10.5 Å². The van der Waals surface area contributed by atoms with Crippen LogP contribution in [0, 0.1) is 5.92 Å². The monoisotopic (exact) mass is 403 g/mol. The molecule has 118 valence electrons. The maximum Gasteiger partial charge on any atom is 0.248 e. The van der Waals surface area contributed by atoms with Gasteiger partial charge in [0.25, 0.3) is 0 Å². The summed E-state index contributed by atoms with van der Waals surface area (Å²) in [4.78, 5) is 6.38. The molecule has 4 nitrogen and oxygen atoms in total. The van der Waals surface area contributed by atoms with Gasteiger partial charge in [-0.05, 0) is 25.7 Å². The van der Waals surface area contributed by atoms with Crippen LogP contribution >= 0.6 is 24.0 Å². The molecular weight excluding hydrogens is 379 g/mol. The molecule has 2 N–H and O–H groups in total. The minimum atomic E-state index is -2.47. The molecule has 20 heavy (non-hydrogen) atoms. The van der Waals surface area contributed by atoms with Gasteiger partial charge in [0.1, 0.15) is 0 Å². The number of nitrogens with zero attached hydrogens (tertiary/aromatic N) is 2. The molecule has 0 aromatic carbocycles. The van der Waals surface area contributed by atoms with Gasteiger partial charge in [0.05, 0.1) is 12.7 Å². The van der Waals surface area contributed by atoms with E-state index >= 15 is 0 Å². The highest BCUT2D eigenvalue weighted by molar-refractivity contribution is 14.0. The van der Waals surface area contributed by atoms with Crippen LogP contribution in [0.3, 0.4) is 0 Å². The molecular formula is C13H24F2IN3O. The van der Waals surface area contributed by atoms with E-state index in [2.05, 4.69) is 4.99 Å². The van der Waals surface area contributed by atoms with Gasteiger partial charge >= 0.3 is 0 Å². The van der Waals surface area contributed by atoms with Crippen molar-refractivity contribution in [2.75, 3.05) is 26.2 Å². The summed E-state index contributed by atoms with van der Waals surface area (Å²) in [6, 6.07) is 0. The Bertz CT molecular complexity index is 332. The molecule has 0 amide bonds. The highest BCUT2D eigenvalue weighted by atomic mass is 127. The van der Waals surface area contributed by atoms with Crippen LogP contribution < -0.4 is 5.73 Å². The molecule has 2 rings (SSSR count). The van der Waals surface area contributed by atoms with Crippen molar-refractivity contribution in [3.8, 4) is 0 Å². The summed E-state index contributed by atoms with van der Waals surface area (Å²) in [5.41, 5.74) is 5.95. The zero-order valence-electron chi connectivity index (χ0n) is 11.9. The van der Waals surface area contributed by atoms with E-state index in [0.717, 1.165) is 13.1 Å². The predicted octanol–water partition coefficient (Wildman–Crippen LogP) is 2.47. The van der Waals surface area contributed by atoms with Crippen molar-refractivity contribution < 1.29 is 13.5 Å². The van der Waals surface area contributed by atoms with Crippen molar-refractivity contribution in [3.05, 3.63) is 0 Å². The van der Waals surface area contributed by atoms with Gasteiger partial charge in [-0.2, -0.15) is 0 Å². The summed E-state index contributed by atoms with van der Waals surface area (Å²) in [6.45, 7) is 4.73. The number of morpholine rings is 1. The Morgan fingerprint density at radius 1 is 1.40 bits per heavy atom. The molecule has 1 heterocycles. The Balaban J connectivity index is 0.00000200. The zero-order valence-corrected chi connectivity index (χ0v) is 14.2. The van der Waals surface area contributed by atoms with E-state index in [1.165, 1.54) is 0 Å². The topological polar surface area (TPSA) is 50.8 Å². The second-order valence-electron chi connectivity index (χ2n) is 5.63. The fourth-order valence-corrected chi connectivity index (χ4v) is 2.63. The SMILES string of the molecule is CC1CN(C(N)=NCC2CCC(F)(F)CC2)CCO1.I. The van der Waals surface area contributed by atoms with E-state index in [0.29, 0.717) is 32.0 Å². The maximum absolute atomic E-state index is 13.0. The number of alkyl halides is 2. The van der Waals surface area contributed by atoms with Crippen LogP contribution in [0.4, 0.5) is 8.78 Å². The summed E-state index contributed by atoms with van der Waals surface area (Å²) in [7, 11) is 0. The summed E-state index contributed by atoms with van der Waals surface area (Å²) in [5.74, 6) is -1.70. The normalized spacial score (nSPS) is 28.1. The van der Waals surface area contributed by atoms with Crippen LogP contribution in [0.5, 0.6) is 0 Å². The Kier molecular flexibility index (Phi) is 6.90. The van der Waals surface area contributed by atoms with Crippen LogP contribution in [-0.2, 0) is 4.74 Å². The standard InChI is InChI=1S/C13H23F2N3O.HI/c1-10-9-18(6-7-19-10)12(16)17-8-11-2-4-13(14,15)5-3-11;/h10-11H,2-9H2,1H3,(H2,16,17);1H. The number of ether oxygens (including phenoxy) is 1. The summed E-state index contributed by atoms with van der Waals surface area (Å²) in [6.07, 6.45) is 1.23. The molecule has 1 aliphatic carbocycles. The summed E-state index contributed by atoms with van der Waals surface area (Å²) >= 11 is 0. The molecule has 0 aromatic heterocycles. The molecule has 0 spiro atoms. The van der Waals surface area contributed by atoms with Gasteiger partial charge in [-0.3, -0.25) is 4.99 Å². The largest absolute Gasteiger partial charge is 0.375 e. The number of aliphatic imine (C=N–C) groups is 1. The van der Waals surface area contributed by atoms with Gasteiger partial charge in [-0.15, -0.1) is 24.0 Å². The van der Waals surface area contributed by atoms with Crippen molar-refractivity contribution >= 4 is 29.9 Å². The first-order chi connectivity index (χ1) is 8.96. The van der Waals surface area contributed by atoms with Crippen molar-refractivity contribution in [2.24, 2.45) is 16.6 Å². The van der Waals surface area contributed by atoms with Crippen LogP contribution in [-0.4, -0.2) is 49.1 Å². The fraction of sp³-hybridized carbons (Fsp3) is 0.923. The number of nitrogens with two attached hydrogens (primary N) is 1. The molecule has 1 saturated carbocycles. The second-order valence-corrected chi connectivity index (χ2v) is 5.63. The van der Waals surface area contributed by atoms with Crippen molar-refractivity contribution in [3.63, 3.8) is 0 Å². The quantitative estimate of drug-likeness (QED) is 0.438. The molecule has 1 atom stereocenters. The number of guanidine groups is 1. The third-order valence-electron chi connectivity index (χ3n) is 3.91. The lowest BCUT2D eigenvalue weighted by Gasteiger charge is -2.32.